The second-order valence-corrected chi connectivity index (χ2v) is 6.39. The Balaban J connectivity index is 2.48. The summed E-state index contributed by atoms with van der Waals surface area (Å²) in [6.07, 6.45) is 3.29. The summed E-state index contributed by atoms with van der Waals surface area (Å²) in [6.45, 7) is 4.51. The molecular formula is C14H15ClOS. The van der Waals surface area contributed by atoms with E-state index in [4.69, 9.17) is 11.6 Å². The molecule has 0 amide bonds. The molecule has 1 aromatic carbocycles. The topological polar surface area (TPSA) is 17.1 Å². The molecule has 0 spiro atoms. The molecule has 1 aliphatic rings. The van der Waals surface area contributed by atoms with Crippen LogP contribution in [0.3, 0.4) is 0 Å². The number of carbonyl (C=O) groups is 1. The van der Waals surface area contributed by atoms with Gasteiger partial charge in [0, 0.05) is 4.90 Å². The lowest BCUT2D eigenvalue weighted by molar-refractivity contribution is -0.104. The first-order valence-corrected chi connectivity index (χ1v) is 6.99. The molecule has 0 saturated carbocycles. The van der Waals surface area contributed by atoms with Crippen molar-refractivity contribution >= 4 is 34.7 Å². The maximum absolute atomic E-state index is 10.4. The summed E-state index contributed by atoms with van der Waals surface area (Å²) < 4.78 is 0. The number of allylic oxidation sites excluding steroid dienone is 1. The molecule has 1 nitrogen and oxygen atoms in total. The van der Waals surface area contributed by atoms with Crippen molar-refractivity contribution in [2.24, 2.45) is 0 Å². The summed E-state index contributed by atoms with van der Waals surface area (Å²) in [5.74, 6) is 1.16. The van der Waals surface area contributed by atoms with Gasteiger partial charge in [-0.05, 0) is 46.9 Å². The van der Waals surface area contributed by atoms with Gasteiger partial charge in [-0.3, -0.25) is 4.79 Å². The molecule has 0 fully saturated rings. The maximum atomic E-state index is 10.4. The molecule has 0 unspecified atom stereocenters. The third kappa shape index (κ3) is 2.58. The highest BCUT2D eigenvalue weighted by Crippen LogP contribution is 2.42. The fraction of sp³-hybridized carbons (Fsp3) is 0.357. The van der Waals surface area contributed by atoms with Crippen LogP contribution in [-0.2, 0) is 10.2 Å². The van der Waals surface area contributed by atoms with Gasteiger partial charge >= 0.3 is 0 Å². The van der Waals surface area contributed by atoms with Gasteiger partial charge in [0.2, 0.25) is 0 Å². The van der Waals surface area contributed by atoms with E-state index in [2.05, 4.69) is 26.0 Å². The first-order chi connectivity index (χ1) is 8.04. The maximum Gasteiger partial charge on any atom is 0.144 e. The number of aldehydes is 1. The smallest absolute Gasteiger partial charge is 0.144 e. The molecule has 0 aromatic heterocycles. The van der Waals surface area contributed by atoms with Gasteiger partial charge in [-0.2, -0.15) is 0 Å². The quantitative estimate of drug-likeness (QED) is 0.588. The molecule has 0 aliphatic carbocycles. The summed E-state index contributed by atoms with van der Waals surface area (Å²) in [5, 5.41) is 0.508. The van der Waals surface area contributed by atoms with E-state index in [1.165, 1.54) is 23.0 Å². The summed E-state index contributed by atoms with van der Waals surface area (Å²) >= 11 is 7.96. The lowest BCUT2D eigenvalue weighted by atomic mass is 9.81. The van der Waals surface area contributed by atoms with E-state index < -0.39 is 0 Å². The SMILES string of the molecule is CC1(C)CCSc2ccc(/C(Cl)=C/C=O)cc21. The molecule has 1 heterocycles. The lowest BCUT2D eigenvalue weighted by Crippen LogP contribution is -2.22. The lowest BCUT2D eigenvalue weighted by Gasteiger charge is -2.32. The van der Waals surface area contributed by atoms with Gasteiger partial charge < -0.3 is 0 Å². The average molecular weight is 267 g/mol. The molecule has 2 rings (SSSR count). The number of rotatable bonds is 2. The molecule has 0 saturated heterocycles. The highest BCUT2D eigenvalue weighted by Gasteiger charge is 2.27. The van der Waals surface area contributed by atoms with E-state index in [0.717, 1.165) is 17.6 Å². The van der Waals surface area contributed by atoms with Crippen LogP contribution in [0.15, 0.2) is 29.2 Å². The van der Waals surface area contributed by atoms with Crippen molar-refractivity contribution in [3.63, 3.8) is 0 Å². The van der Waals surface area contributed by atoms with E-state index in [0.29, 0.717) is 5.03 Å². The molecule has 0 bridgehead atoms. The Hall–Kier alpha value is -0.730. The monoisotopic (exact) mass is 266 g/mol. The molecule has 0 atom stereocenters. The summed E-state index contributed by atoms with van der Waals surface area (Å²) in [4.78, 5) is 11.8. The molecule has 17 heavy (non-hydrogen) atoms. The predicted molar refractivity (Wildman–Crippen MR) is 74.7 cm³/mol. The number of carbonyl (C=O) groups excluding carboxylic acids is 1. The van der Waals surface area contributed by atoms with Crippen molar-refractivity contribution < 1.29 is 4.79 Å². The Kier molecular flexibility index (Phi) is 3.64. The van der Waals surface area contributed by atoms with Crippen molar-refractivity contribution in [2.45, 2.75) is 30.6 Å². The first kappa shape index (κ1) is 12.7. The zero-order valence-electron chi connectivity index (χ0n) is 10.00. The van der Waals surface area contributed by atoms with Crippen LogP contribution in [0.5, 0.6) is 0 Å². The second kappa shape index (κ2) is 4.87. The van der Waals surface area contributed by atoms with Gasteiger partial charge in [0.15, 0.2) is 0 Å². The van der Waals surface area contributed by atoms with Crippen molar-refractivity contribution in [3.8, 4) is 0 Å². The summed E-state index contributed by atoms with van der Waals surface area (Å²) in [7, 11) is 0. The Labute approximate surface area is 111 Å². The molecule has 90 valence electrons. The number of fused-ring (bicyclic) bond motifs is 1. The van der Waals surface area contributed by atoms with E-state index in [9.17, 15) is 4.79 Å². The number of benzene rings is 1. The Morgan fingerprint density at radius 2 is 2.24 bits per heavy atom. The largest absolute Gasteiger partial charge is 0.299 e. The normalized spacial score (nSPS) is 18.6. The van der Waals surface area contributed by atoms with Gasteiger partial charge in [0.25, 0.3) is 0 Å². The highest BCUT2D eigenvalue weighted by atomic mass is 35.5. The third-order valence-corrected chi connectivity index (χ3v) is 4.60. The van der Waals surface area contributed by atoms with Crippen molar-refractivity contribution in [3.05, 3.63) is 35.4 Å². The van der Waals surface area contributed by atoms with Gasteiger partial charge in [0.05, 0.1) is 5.03 Å². The van der Waals surface area contributed by atoms with Crippen molar-refractivity contribution in [2.75, 3.05) is 5.75 Å². The van der Waals surface area contributed by atoms with Crippen LogP contribution in [0.4, 0.5) is 0 Å². The molecule has 0 N–H and O–H groups in total. The van der Waals surface area contributed by atoms with Crippen LogP contribution in [0.2, 0.25) is 0 Å². The van der Waals surface area contributed by atoms with E-state index >= 15 is 0 Å². The van der Waals surface area contributed by atoms with Crippen LogP contribution < -0.4 is 0 Å². The summed E-state index contributed by atoms with van der Waals surface area (Å²) in [5.41, 5.74) is 2.45. The van der Waals surface area contributed by atoms with Crippen LogP contribution in [0.25, 0.3) is 5.03 Å². The third-order valence-electron chi connectivity index (χ3n) is 3.18. The van der Waals surface area contributed by atoms with Gasteiger partial charge in [0.1, 0.15) is 6.29 Å². The second-order valence-electron chi connectivity index (χ2n) is 4.84. The van der Waals surface area contributed by atoms with Crippen LogP contribution in [0, 0.1) is 0 Å². The summed E-state index contributed by atoms with van der Waals surface area (Å²) in [6, 6.07) is 6.21. The minimum atomic E-state index is 0.189. The van der Waals surface area contributed by atoms with E-state index in [1.54, 1.807) is 0 Å². The molecule has 0 radical (unpaired) electrons. The minimum absolute atomic E-state index is 0.189. The molecular weight excluding hydrogens is 252 g/mol. The molecule has 3 heteroatoms. The minimum Gasteiger partial charge on any atom is -0.299 e. The fourth-order valence-electron chi connectivity index (χ4n) is 2.04. The van der Waals surface area contributed by atoms with Crippen molar-refractivity contribution in [1.82, 2.24) is 0 Å². The van der Waals surface area contributed by atoms with Crippen molar-refractivity contribution in [1.29, 1.82) is 0 Å². The Morgan fingerprint density at radius 1 is 1.47 bits per heavy atom. The molecule has 1 aliphatic heterocycles. The number of hydrogen-bond acceptors (Lipinski definition) is 2. The number of thioether (sulfide) groups is 1. The Morgan fingerprint density at radius 3 is 2.94 bits per heavy atom. The molecule has 1 aromatic rings. The first-order valence-electron chi connectivity index (χ1n) is 5.63. The Bertz CT molecular complexity index is 477. The van der Waals surface area contributed by atoms with E-state index in [-0.39, 0.29) is 5.41 Å². The van der Waals surface area contributed by atoms with Gasteiger partial charge in [-0.25, -0.2) is 0 Å². The van der Waals surface area contributed by atoms with Gasteiger partial charge in [-0.1, -0.05) is 31.5 Å². The van der Waals surface area contributed by atoms with Crippen LogP contribution >= 0.6 is 23.4 Å². The predicted octanol–water partition coefficient (Wildman–Crippen LogP) is 4.24. The highest BCUT2D eigenvalue weighted by molar-refractivity contribution is 7.99. The zero-order chi connectivity index (χ0) is 12.5. The number of hydrogen-bond donors (Lipinski definition) is 0. The van der Waals surface area contributed by atoms with Crippen LogP contribution in [-0.4, -0.2) is 12.0 Å². The van der Waals surface area contributed by atoms with Gasteiger partial charge in [-0.15, -0.1) is 11.8 Å². The average Bonchev–Trinajstić information content (AvgIpc) is 2.29. The van der Waals surface area contributed by atoms with Crippen LogP contribution in [0.1, 0.15) is 31.4 Å². The standard InChI is InChI=1S/C14H15ClOS/c1-14(2)6-8-17-13-4-3-10(9-11(13)14)12(15)5-7-16/h3-5,7,9H,6,8H2,1-2H3/b12-5-. The fourth-order valence-corrected chi connectivity index (χ4v) is 3.70. The van der Waals surface area contributed by atoms with E-state index in [1.807, 2.05) is 17.8 Å². The number of halogens is 1. The zero-order valence-corrected chi connectivity index (χ0v) is 11.6.